The molecule has 1 aromatic carbocycles. The van der Waals surface area contributed by atoms with Gasteiger partial charge in [-0.2, -0.15) is 0 Å². The van der Waals surface area contributed by atoms with E-state index in [0.717, 1.165) is 0 Å². The second-order valence-corrected chi connectivity index (χ2v) is 5.31. The van der Waals surface area contributed by atoms with Crippen molar-refractivity contribution in [1.29, 1.82) is 0 Å². The average Bonchev–Trinajstić information content (AvgIpc) is 2.65. The van der Waals surface area contributed by atoms with Crippen LogP contribution in [0.15, 0.2) is 54.3 Å². The number of benzene rings is 1. The van der Waals surface area contributed by atoms with Gasteiger partial charge in [0.05, 0.1) is 26.0 Å². The fourth-order valence-corrected chi connectivity index (χ4v) is 2.53. The summed E-state index contributed by atoms with van der Waals surface area (Å²) in [5.74, 6) is -1.89. The summed E-state index contributed by atoms with van der Waals surface area (Å²) >= 11 is 0. The number of hydrogen-bond acceptors (Lipinski definition) is 6. The number of hydrogen-bond donors (Lipinski definition) is 0. The molecular formula is C18H18O6. The fraction of sp³-hybridized carbons (Fsp3) is 0.278. The molecule has 0 N–H and O–H groups in total. The van der Waals surface area contributed by atoms with E-state index >= 15 is 0 Å². The van der Waals surface area contributed by atoms with Crippen LogP contribution in [0, 0.1) is 5.41 Å². The zero-order chi connectivity index (χ0) is 17.6. The second kappa shape index (κ2) is 7.59. The van der Waals surface area contributed by atoms with Crippen LogP contribution < -0.4 is 0 Å². The Bertz CT molecular complexity index is 671. The summed E-state index contributed by atoms with van der Waals surface area (Å²) in [7, 11) is 2.42. The minimum Gasteiger partial charge on any atom is -0.468 e. The first-order chi connectivity index (χ1) is 11.5. The van der Waals surface area contributed by atoms with E-state index in [1.165, 1.54) is 20.5 Å². The van der Waals surface area contributed by atoms with E-state index in [9.17, 15) is 14.4 Å². The van der Waals surface area contributed by atoms with Crippen LogP contribution >= 0.6 is 0 Å². The van der Waals surface area contributed by atoms with Crippen LogP contribution in [0.1, 0.15) is 23.2 Å². The first-order valence-electron chi connectivity index (χ1n) is 7.32. The molecule has 6 nitrogen and oxygen atoms in total. The van der Waals surface area contributed by atoms with Gasteiger partial charge in [-0.3, -0.25) is 9.59 Å². The maximum absolute atomic E-state index is 12.1. The quantitative estimate of drug-likeness (QED) is 0.365. The van der Waals surface area contributed by atoms with Gasteiger partial charge in [-0.1, -0.05) is 30.4 Å². The van der Waals surface area contributed by atoms with Crippen LogP contribution in [0.4, 0.5) is 0 Å². The van der Waals surface area contributed by atoms with Gasteiger partial charge in [0.15, 0.2) is 5.41 Å². The highest BCUT2D eigenvalue weighted by Crippen LogP contribution is 2.38. The number of allylic oxidation sites excluding steroid dienone is 3. The van der Waals surface area contributed by atoms with Gasteiger partial charge in [-0.15, -0.1) is 0 Å². The van der Waals surface area contributed by atoms with Crippen molar-refractivity contribution in [2.75, 3.05) is 14.2 Å². The van der Waals surface area contributed by atoms with Crippen LogP contribution in [0.25, 0.3) is 0 Å². The van der Waals surface area contributed by atoms with Gasteiger partial charge in [-0.05, 0) is 24.1 Å². The third-order valence-electron chi connectivity index (χ3n) is 3.78. The molecule has 0 heterocycles. The lowest BCUT2D eigenvalue weighted by molar-refractivity contribution is -0.169. The van der Waals surface area contributed by atoms with Crippen LogP contribution in [-0.2, 0) is 23.8 Å². The Morgan fingerprint density at radius 1 is 1.04 bits per heavy atom. The summed E-state index contributed by atoms with van der Waals surface area (Å²) in [5, 5.41) is 0. The lowest BCUT2D eigenvalue weighted by Gasteiger charge is -2.29. The molecular weight excluding hydrogens is 312 g/mol. The molecule has 2 rings (SSSR count). The predicted molar refractivity (Wildman–Crippen MR) is 84.8 cm³/mol. The third-order valence-corrected chi connectivity index (χ3v) is 3.78. The standard InChI is InChI=1S/C18H18O6/c1-22-16(20)18(17(21)23-2)10-6-7-13(11-18)12-24-15(19)14-8-4-3-5-9-14/h3-9,12H,10-11H2,1-2H3/b13-12+. The largest absolute Gasteiger partial charge is 0.468 e. The summed E-state index contributed by atoms with van der Waals surface area (Å²) < 4.78 is 14.6. The fourth-order valence-electron chi connectivity index (χ4n) is 2.53. The Morgan fingerprint density at radius 2 is 1.67 bits per heavy atom. The molecule has 1 aromatic rings. The molecule has 0 fully saturated rings. The van der Waals surface area contributed by atoms with Crippen LogP contribution in [0.2, 0.25) is 0 Å². The van der Waals surface area contributed by atoms with E-state index in [1.54, 1.807) is 42.5 Å². The third kappa shape index (κ3) is 3.53. The van der Waals surface area contributed by atoms with E-state index in [2.05, 4.69) is 0 Å². The average molecular weight is 330 g/mol. The van der Waals surface area contributed by atoms with E-state index in [1.807, 2.05) is 0 Å². The number of methoxy groups -OCH3 is 2. The molecule has 0 unspecified atom stereocenters. The van der Waals surface area contributed by atoms with E-state index in [4.69, 9.17) is 14.2 Å². The summed E-state index contributed by atoms with van der Waals surface area (Å²) in [5.41, 5.74) is -0.536. The molecule has 0 spiro atoms. The molecule has 0 radical (unpaired) electrons. The number of ether oxygens (including phenoxy) is 3. The Balaban J connectivity index is 2.18. The van der Waals surface area contributed by atoms with E-state index < -0.39 is 23.3 Å². The van der Waals surface area contributed by atoms with Gasteiger partial charge in [0, 0.05) is 6.42 Å². The van der Waals surface area contributed by atoms with Crippen molar-refractivity contribution in [3.05, 3.63) is 59.9 Å². The van der Waals surface area contributed by atoms with Crippen LogP contribution in [-0.4, -0.2) is 32.1 Å². The highest BCUT2D eigenvalue weighted by atomic mass is 16.5. The minimum atomic E-state index is -1.46. The van der Waals surface area contributed by atoms with Gasteiger partial charge in [-0.25, -0.2) is 4.79 Å². The van der Waals surface area contributed by atoms with Crippen molar-refractivity contribution in [2.24, 2.45) is 5.41 Å². The molecule has 0 aliphatic heterocycles. The molecule has 24 heavy (non-hydrogen) atoms. The van der Waals surface area contributed by atoms with Crippen LogP contribution in [0.3, 0.4) is 0 Å². The summed E-state index contributed by atoms with van der Waals surface area (Å²) in [6.45, 7) is 0. The number of rotatable bonds is 4. The molecule has 6 heteroatoms. The first kappa shape index (κ1) is 17.5. The SMILES string of the molecule is COC(=O)C1(C(=O)OC)CC=C/C(=C\OC(=O)c2ccccc2)C1. The zero-order valence-electron chi connectivity index (χ0n) is 13.5. The van der Waals surface area contributed by atoms with Gasteiger partial charge < -0.3 is 14.2 Å². The van der Waals surface area contributed by atoms with Crippen molar-refractivity contribution in [2.45, 2.75) is 12.8 Å². The molecule has 126 valence electrons. The van der Waals surface area contributed by atoms with Crippen molar-refractivity contribution >= 4 is 17.9 Å². The predicted octanol–water partition coefficient (Wildman–Crippen LogP) is 2.41. The highest BCUT2D eigenvalue weighted by Gasteiger charge is 2.49. The zero-order valence-corrected chi connectivity index (χ0v) is 13.5. The monoisotopic (exact) mass is 330 g/mol. The van der Waals surface area contributed by atoms with E-state index in [0.29, 0.717) is 11.1 Å². The molecule has 0 saturated heterocycles. The Hall–Kier alpha value is -2.89. The Labute approximate surface area is 139 Å². The second-order valence-electron chi connectivity index (χ2n) is 5.31. The van der Waals surface area contributed by atoms with Gasteiger partial charge in [0.2, 0.25) is 0 Å². The topological polar surface area (TPSA) is 78.9 Å². The van der Waals surface area contributed by atoms with Gasteiger partial charge in [0.1, 0.15) is 0 Å². The number of carbonyl (C=O) groups excluding carboxylic acids is 3. The summed E-state index contributed by atoms with van der Waals surface area (Å²) in [6, 6.07) is 8.50. The maximum Gasteiger partial charge on any atom is 0.342 e. The lowest BCUT2D eigenvalue weighted by atomic mass is 9.75. The van der Waals surface area contributed by atoms with Crippen LogP contribution in [0.5, 0.6) is 0 Å². The number of esters is 3. The molecule has 0 atom stereocenters. The summed E-state index contributed by atoms with van der Waals surface area (Å²) in [6.07, 6.45) is 4.79. The Morgan fingerprint density at radius 3 is 2.25 bits per heavy atom. The van der Waals surface area contributed by atoms with Crippen molar-refractivity contribution in [3.8, 4) is 0 Å². The lowest BCUT2D eigenvalue weighted by Crippen LogP contribution is -2.42. The van der Waals surface area contributed by atoms with E-state index in [-0.39, 0.29) is 12.8 Å². The molecule has 0 bridgehead atoms. The smallest absolute Gasteiger partial charge is 0.342 e. The Kier molecular flexibility index (Phi) is 5.52. The minimum absolute atomic E-state index is 0.0327. The molecule has 1 aliphatic rings. The van der Waals surface area contributed by atoms with Gasteiger partial charge in [0.25, 0.3) is 0 Å². The summed E-state index contributed by atoms with van der Waals surface area (Å²) in [4.78, 5) is 36.2. The van der Waals surface area contributed by atoms with Crippen molar-refractivity contribution < 1.29 is 28.6 Å². The molecule has 1 aliphatic carbocycles. The normalized spacial score (nSPS) is 17.2. The highest BCUT2D eigenvalue weighted by molar-refractivity contribution is 6.01. The van der Waals surface area contributed by atoms with Crippen molar-refractivity contribution in [3.63, 3.8) is 0 Å². The maximum atomic E-state index is 12.1. The number of carbonyl (C=O) groups is 3. The van der Waals surface area contributed by atoms with Crippen molar-refractivity contribution in [1.82, 2.24) is 0 Å². The molecule has 0 saturated carbocycles. The molecule has 0 aromatic heterocycles. The first-order valence-corrected chi connectivity index (χ1v) is 7.32. The van der Waals surface area contributed by atoms with Gasteiger partial charge >= 0.3 is 17.9 Å². The molecule has 0 amide bonds.